The molecular weight excluding hydrogens is 388 g/mol. The van der Waals surface area contributed by atoms with Crippen molar-refractivity contribution in [3.05, 3.63) is 53.6 Å². The SMILES string of the molecule is COc1ccc(C(=O)N2CCN(C(=O)c3cccc(OC(C)=O)c3)CC2)cc1OC. The van der Waals surface area contributed by atoms with E-state index in [1.54, 1.807) is 52.3 Å². The fourth-order valence-electron chi connectivity index (χ4n) is 3.31. The minimum Gasteiger partial charge on any atom is -0.493 e. The first-order chi connectivity index (χ1) is 14.4. The number of ether oxygens (including phenoxy) is 3. The molecule has 1 heterocycles. The van der Waals surface area contributed by atoms with E-state index in [0.29, 0.717) is 54.6 Å². The molecule has 1 aliphatic heterocycles. The third-order valence-corrected chi connectivity index (χ3v) is 4.83. The second kappa shape index (κ2) is 9.30. The summed E-state index contributed by atoms with van der Waals surface area (Å²) in [6.45, 7) is 2.97. The molecule has 158 valence electrons. The molecule has 2 aromatic rings. The number of benzene rings is 2. The van der Waals surface area contributed by atoms with E-state index in [9.17, 15) is 14.4 Å². The molecule has 30 heavy (non-hydrogen) atoms. The summed E-state index contributed by atoms with van der Waals surface area (Å²) in [5, 5.41) is 0. The van der Waals surface area contributed by atoms with Crippen molar-refractivity contribution in [1.29, 1.82) is 0 Å². The number of carbonyl (C=O) groups is 3. The van der Waals surface area contributed by atoms with Gasteiger partial charge in [0.15, 0.2) is 11.5 Å². The number of hydrogen-bond acceptors (Lipinski definition) is 6. The van der Waals surface area contributed by atoms with Crippen LogP contribution in [0.15, 0.2) is 42.5 Å². The molecule has 2 amide bonds. The Kier molecular flexibility index (Phi) is 6.56. The van der Waals surface area contributed by atoms with Gasteiger partial charge in [0.2, 0.25) is 0 Å². The number of methoxy groups -OCH3 is 2. The number of piperazine rings is 1. The van der Waals surface area contributed by atoms with Crippen LogP contribution in [-0.2, 0) is 4.79 Å². The van der Waals surface area contributed by atoms with Crippen molar-refractivity contribution in [1.82, 2.24) is 9.80 Å². The Morgan fingerprint density at radius 3 is 1.87 bits per heavy atom. The highest BCUT2D eigenvalue weighted by Crippen LogP contribution is 2.28. The van der Waals surface area contributed by atoms with Crippen LogP contribution in [0.1, 0.15) is 27.6 Å². The zero-order valence-corrected chi connectivity index (χ0v) is 17.2. The predicted molar refractivity (Wildman–Crippen MR) is 109 cm³/mol. The third-order valence-electron chi connectivity index (χ3n) is 4.83. The third kappa shape index (κ3) is 4.71. The number of amides is 2. The fourth-order valence-corrected chi connectivity index (χ4v) is 3.31. The highest BCUT2D eigenvalue weighted by Gasteiger charge is 2.26. The molecule has 0 unspecified atom stereocenters. The molecule has 0 aromatic heterocycles. The van der Waals surface area contributed by atoms with Gasteiger partial charge >= 0.3 is 5.97 Å². The van der Waals surface area contributed by atoms with Crippen LogP contribution < -0.4 is 14.2 Å². The molecule has 0 spiro atoms. The Bertz CT molecular complexity index is 950. The maximum absolute atomic E-state index is 12.8. The maximum atomic E-state index is 12.8. The standard InChI is InChI=1S/C22H24N2O6/c1-15(25)30-18-6-4-5-16(13-18)21(26)23-9-11-24(12-10-23)22(27)17-7-8-19(28-2)20(14-17)29-3/h4-8,13-14H,9-12H2,1-3H3. The van der Waals surface area contributed by atoms with Crippen molar-refractivity contribution in [3.8, 4) is 17.2 Å². The summed E-state index contributed by atoms with van der Waals surface area (Å²) in [6.07, 6.45) is 0. The number of rotatable bonds is 5. The van der Waals surface area contributed by atoms with E-state index in [1.165, 1.54) is 21.1 Å². The smallest absolute Gasteiger partial charge is 0.308 e. The van der Waals surface area contributed by atoms with Crippen LogP contribution in [-0.4, -0.2) is 68.0 Å². The summed E-state index contributed by atoms with van der Waals surface area (Å²) in [5.41, 5.74) is 0.940. The topological polar surface area (TPSA) is 85.4 Å². The summed E-state index contributed by atoms with van der Waals surface area (Å²) >= 11 is 0. The molecule has 0 radical (unpaired) electrons. The van der Waals surface area contributed by atoms with Crippen molar-refractivity contribution in [2.75, 3.05) is 40.4 Å². The minimum atomic E-state index is -0.443. The average Bonchev–Trinajstić information content (AvgIpc) is 2.77. The molecule has 8 nitrogen and oxygen atoms in total. The molecular formula is C22H24N2O6. The first-order valence-electron chi connectivity index (χ1n) is 9.52. The van der Waals surface area contributed by atoms with Gasteiger partial charge in [0, 0.05) is 44.2 Å². The Hall–Kier alpha value is -3.55. The molecule has 2 aromatic carbocycles. The number of hydrogen-bond donors (Lipinski definition) is 0. The Morgan fingerprint density at radius 2 is 1.33 bits per heavy atom. The zero-order chi connectivity index (χ0) is 21.7. The summed E-state index contributed by atoms with van der Waals surface area (Å²) in [7, 11) is 3.06. The van der Waals surface area contributed by atoms with Crippen molar-refractivity contribution < 1.29 is 28.6 Å². The van der Waals surface area contributed by atoms with E-state index >= 15 is 0 Å². The molecule has 1 fully saturated rings. The monoisotopic (exact) mass is 412 g/mol. The molecule has 3 rings (SSSR count). The molecule has 1 saturated heterocycles. The molecule has 8 heteroatoms. The van der Waals surface area contributed by atoms with Crippen molar-refractivity contribution in [2.45, 2.75) is 6.92 Å². The van der Waals surface area contributed by atoms with Crippen LogP contribution >= 0.6 is 0 Å². The lowest BCUT2D eigenvalue weighted by Gasteiger charge is -2.35. The Labute approximate surface area is 174 Å². The number of nitrogens with zero attached hydrogens (tertiary/aromatic N) is 2. The molecule has 0 saturated carbocycles. The van der Waals surface area contributed by atoms with Crippen molar-refractivity contribution in [2.24, 2.45) is 0 Å². The predicted octanol–water partition coefficient (Wildman–Crippen LogP) is 2.23. The van der Waals surface area contributed by atoms with Crippen LogP contribution in [0, 0.1) is 0 Å². The number of carbonyl (C=O) groups excluding carboxylic acids is 3. The molecule has 0 aliphatic carbocycles. The van der Waals surface area contributed by atoms with Gasteiger partial charge in [-0.2, -0.15) is 0 Å². The quantitative estimate of drug-likeness (QED) is 0.553. The molecule has 0 atom stereocenters. The lowest BCUT2D eigenvalue weighted by molar-refractivity contribution is -0.131. The largest absolute Gasteiger partial charge is 0.493 e. The van der Waals surface area contributed by atoms with Gasteiger partial charge in [0.1, 0.15) is 5.75 Å². The van der Waals surface area contributed by atoms with Crippen LogP contribution in [0.25, 0.3) is 0 Å². The first-order valence-corrected chi connectivity index (χ1v) is 9.52. The van der Waals surface area contributed by atoms with E-state index in [0.717, 1.165) is 0 Å². The van der Waals surface area contributed by atoms with E-state index < -0.39 is 5.97 Å². The van der Waals surface area contributed by atoms with E-state index in [-0.39, 0.29) is 11.8 Å². The van der Waals surface area contributed by atoms with E-state index in [1.807, 2.05) is 0 Å². The summed E-state index contributed by atoms with van der Waals surface area (Å²) in [5.74, 6) is 0.643. The maximum Gasteiger partial charge on any atom is 0.308 e. The van der Waals surface area contributed by atoms with Gasteiger partial charge in [0.25, 0.3) is 11.8 Å². The van der Waals surface area contributed by atoms with Crippen LogP contribution in [0.5, 0.6) is 17.2 Å². The average molecular weight is 412 g/mol. The summed E-state index contributed by atoms with van der Waals surface area (Å²) in [6, 6.07) is 11.6. The molecule has 1 aliphatic rings. The lowest BCUT2D eigenvalue weighted by Crippen LogP contribution is -2.50. The Balaban J connectivity index is 1.64. The van der Waals surface area contributed by atoms with Gasteiger partial charge in [-0.05, 0) is 36.4 Å². The van der Waals surface area contributed by atoms with E-state index in [4.69, 9.17) is 14.2 Å². The van der Waals surface area contributed by atoms with Gasteiger partial charge in [-0.15, -0.1) is 0 Å². The highest BCUT2D eigenvalue weighted by molar-refractivity contribution is 5.96. The minimum absolute atomic E-state index is 0.125. The second-order valence-corrected chi connectivity index (χ2v) is 6.78. The van der Waals surface area contributed by atoms with Gasteiger partial charge in [0.05, 0.1) is 14.2 Å². The van der Waals surface area contributed by atoms with Gasteiger partial charge in [-0.25, -0.2) is 0 Å². The molecule has 0 bridgehead atoms. The van der Waals surface area contributed by atoms with Crippen LogP contribution in [0.3, 0.4) is 0 Å². The summed E-state index contributed by atoms with van der Waals surface area (Å²) in [4.78, 5) is 40.1. The fraction of sp³-hybridized carbons (Fsp3) is 0.318. The first kappa shape index (κ1) is 21.2. The summed E-state index contributed by atoms with van der Waals surface area (Å²) < 4.78 is 15.5. The second-order valence-electron chi connectivity index (χ2n) is 6.78. The number of esters is 1. The highest BCUT2D eigenvalue weighted by atomic mass is 16.5. The van der Waals surface area contributed by atoms with Crippen LogP contribution in [0.4, 0.5) is 0 Å². The normalized spacial score (nSPS) is 13.6. The van der Waals surface area contributed by atoms with Crippen LogP contribution in [0.2, 0.25) is 0 Å². The van der Waals surface area contributed by atoms with Crippen molar-refractivity contribution >= 4 is 17.8 Å². The van der Waals surface area contributed by atoms with E-state index in [2.05, 4.69) is 0 Å². The lowest BCUT2D eigenvalue weighted by atomic mass is 10.1. The zero-order valence-electron chi connectivity index (χ0n) is 17.2. The Morgan fingerprint density at radius 1 is 0.767 bits per heavy atom. The van der Waals surface area contributed by atoms with Gasteiger partial charge < -0.3 is 24.0 Å². The van der Waals surface area contributed by atoms with Gasteiger partial charge in [-0.3, -0.25) is 14.4 Å². The van der Waals surface area contributed by atoms with Crippen molar-refractivity contribution in [3.63, 3.8) is 0 Å². The van der Waals surface area contributed by atoms with Gasteiger partial charge in [-0.1, -0.05) is 6.07 Å². The molecule has 0 N–H and O–H groups in total.